The summed E-state index contributed by atoms with van der Waals surface area (Å²) in [6, 6.07) is 10.1. The first-order valence-electron chi connectivity index (χ1n) is 13.7. The summed E-state index contributed by atoms with van der Waals surface area (Å²) in [5.41, 5.74) is 2.70. The minimum Gasteiger partial charge on any atom is -0.385 e. The maximum atomic E-state index is 12.1. The third-order valence-corrected chi connectivity index (χ3v) is 10.3. The molecule has 6 atom stereocenters. The average molecular weight is 489 g/mol. The van der Waals surface area contributed by atoms with Gasteiger partial charge in [-0.1, -0.05) is 60.8 Å². The summed E-state index contributed by atoms with van der Waals surface area (Å²) in [4.78, 5) is 17.6. The minimum atomic E-state index is -0.947. The molecule has 3 saturated carbocycles. The molecule has 4 aliphatic carbocycles. The average Bonchev–Trinajstić information content (AvgIpc) is 3.16. The van der Waals surface area contributed by atoms with E-state index in [1.807, 2.05) is 18.2 Å². The molecule has 0 aromatic heterocycles. The van der Waals surface area contributed by atoms with Crippen molar-refractivity contribution in [1.29, 1.82) is 0 Å². The van der Waals surface area contributed by atoms with Crippen molar-refractivity contribution < 1.29 is 14.7 Å². The van der Waals surface area contributed by atoms with E-state index in [9.17, 15) is 9.90 Å². The van der Waals surface area contributed by atoms with E-state index in [-0.39, 0.29) is 23.3 Å². The molecule has 0 heterocycles. The molecule has 0 bridgehead atoms. The number of fused-ring (bicyclic) bond motifs is 5. The van der Waals surface area contributed by atoms with Gasteiger partial charge in [-0.3, -0.25) is 4.79 Å². The molecule has 1 amide bonds. The smallest absolute Gasteiger partial charge is 0.260 e. The summed E-state index contributed by atoms with van der Waals surface area (Å²) in [5.74, 6) is 4.41. The molecule has 0 unspecified atom stereocenters. The highest BCUT2D eigenvalue weighted by atomic mass is 16.6. The van der Waals surface area contributed by atoms with Gasteiger partial charge in [-0.05, 0) is 92.6 Å². The van der Waals surface area contributed by atoms with Gasteiger partial charge in [-0.2, -0.15) is 0 Å². The van der Waals surface area contributed by atoms with E-state index < -0.39 is 5.60 Å². The highest BCUT2D eigenvalue weighted by molar-refractivity contribution is 5.96. The summed E-state index contributed by atoms with van der Waals surface area (Å²) in [7, 11) is 0. The number of oxime groups is 1. The number of benzene rings is 1. The van der Waals surface area contributed by atoms with Crippen molar-refractivity contribution in [2.45, 2.75) is 77.2 Å². The van der Waals surface area contributed by atoms with Crippen LogP contribution in [0, 0.1) is 40.9 Å². The molecule has 0 spiro atoms. The zero-order valence-corrected chi connectivity index (χ0v) is 21.8. The topological polar surface area (TPSA) is 70.9 Å². The Kier molecular flexibility index (Phi) is 6.76. The summed E-state index contributed by atoms with van der Waals surface area (Å²) in [6.45, 7) is 5.22. The predicted molar refractivity (Wildman–Crippen MR) is 142 cm³/mol. The fourth-order valence-corrected chi connectivity index (χ4v) is 8.11. The third-order valence-electron chi connectivity index (χ3n) is 10.3. The third kappa shape index (κ3) is 4.28. The van der Waals surface area contributed by atoms with Gasteiger partial charge in [0.05, 0.1) is 5.71 Å². The number of rotatable bonds is 6. The van der Waals surface area contributed by atoms with Crippen molar-refractivity contribution in [3.63, 3.8) is 0 Å². The Bertz CT molecular complexity index is 1090. The van der Waals surface area contributed by atoms with E-state index in [1.165, 1.54) is 11.1 Å². The standard InChI is InChI=1S/C31H40N2O3/c1-4-31(35)18-14-27-25-11-10-23-20-24(12-16-29(23,2)26(25)13-17-30(27,31)3)33-36-21-28(34)32-19-15-22-8-6-5-7-9-22/h1,5-9,20,25-27,35H,10-19,21H2,2-3H3,(H,32,34)/t25-,26-,27-,29+,30+,31-/m1/s1. The Balaban J connectivity index is 1.17. The monoisotopic (exact) mass is 488 g/mol. The van der Waals surface area contributed by atoms with Crippen LogP contribution in [0.25, 0.3) is 0 Å². The van der Waals surface area contributed by atoms with E-state index in [2.05, 4.69) is 48.4 Å². The molecule has 0 saturated heterocycles. The first-order chi connectivity index (χ1) is 17.3. The Morgan fingerprint density at radius 1 is 1.14 bits per heavy atom. The lowest BCUT2D eigenvalue weighted by Crippen LogP contribution is -2.54. The molecule has 3 fully saturated rings. The van der Waals surface area contributed by atoms with Crippen molar-refractivity contribution in [2.24, 2.45) is 33.7 Å². The van der Waals surface area contributed by atoms with E-state index in [1.54, 1.807) is 0 Å². The van der Waals surface area contributed by atoms with Gasteiger partial charge in [0.25, 0.3) is 5.91 Å². The highest BCUT2D eigenvalue weighted by Gasteiger charge is 2.63. The second kappa shape index (κ2) is 9.71. The van der Waals surface area contributed by atoms with Crippen LogP contribution in [-0.4, -0.2) is 35.5 Å². The van der Waals surface area contributed by atoms with E-state index in [0.29, 0.717) is 24.3 Å². The Morgan fingerprint density at radius 3 is 2.69 bits per heavy atom. The number of amides is 1. The summed E-state index contributed by atoms with van der Waals surface area (Å²) in [5, 5.41) is 18.4. The van der Waals surface area contributed by atoms with Crippen LogP contribution in [-0.2, 0) is 16.1 Å². The number of aliphatic hydroxyl groups is 1. The molecular formula is C31H40N2O3. The van der Waals surface area contributed by atoms with Crippen LogP contribution >= 0.6 is 0 Å². The number of nitrogens with zero attached hydrogens (tertiary/aromatic N) is 1. The maximum Gasteiger partial charge on any atom is 0.260 e. The largest absolute Gasteiger partial charge is 0.385 e. The fourth-order valence-electron chi connectivity index (χ4n) is 8.11. The van der Waals surface area contributed by atoms with E-state index in [4.69, 9.17) is 11.3 Å². The summed E-state index contributed by atoms with van der Waals surface area (Å²) in [6.07, 6.45) is 16.9. The molecule has 5 rings (SSSR count). The Morgan fingerprint density at radius 2 is 1.92 bits per heavy atom. The molecule has 5 nitrogen and oxygen atoms in total. The maximum absolute atomic E-state index is 12.1. The zero-order chi connectivity index (χ0) is 25.4. The molecule has 192 valence electrons. The van der Waals surface area contributed by atoms with Crippen molar-refractivity contribution in [3.05, 3.63) is 47.5 Å². The van der Waals surface area contributed by atoms with E-state index >= 15 is 0 Å². The molecule has 36 heavy (non-hydrogen) atoms. The number of carbonyl (C=O) groups is 1. The molecule has 1 aromatic carbocycles. The van der Waals surface area contributed by atoms with Gasteiger partial charge in [0.2, 0.25) is 0 Å². The summed E-state index contributed by atoms with van der Waals surface area (Å²) >= 11 is 0. The number of hydrogen-bond acceptors (Lipinski definition) is 4. The molecule has 2 N–H and O–H groups in total. The number of hydrogen-bond donors (Lipinski definition) is 2. The van der Waals surface area contributed by atoms with Gasteiger partial charge in [0.15, 0.2) is 6.61 Å². The van der Waals surface area contributed by atoms with Gasteiger partial charge in [0.1, 0.15) is 5.60 Å². The molecule has 4 aliphatic rings. The van der Waals surface area contributed by atoms with Crippen molar-refractivity contribution in [2.75, 3.05) is 13.2 Å². The normalized spacial score (nSPS) is 38.2. The lowest BCUT2D eigenvalue weighted by atomic mass is 9.46. The first kappa shape index (κ1) is 25.1. The number of nitrogens with one attached hydrogen (secondary N) is 1. The quantitative estimate of drug-likeness (QED) is 0.435. The van der Waals surface area contributed by atoms with Gasteiger partial charge < -0.3 is 15.3 Å². The van der Waals surface area contributed by atoms with Crippen LogP contribution in [0.15, 0.2) is 47.1 Å². The van der Waals surface area contributed by atoms with E-state index in [0.717, 1.165) is 63.5 Å². The van der Waals surface area contributed by atoms with Crippen LogP contribution < -0.4 is 5.32 Å². The minimum absolute atomic E-state index is 0.0538. The Labute approximate surface area is 215 Å². The van der Waals surface area contributed by atoms with Gasteiger partial charge >= 0.3 is 0 Å². The summed E-state index contributed by atoms with van der Waals surface area (Å²) < 4.78 is 0. The second-order valence-electron chi connectivity index (χ2n) is 11.9. The van der Waals surface area contributed by atoms with Gasteiger partial charge in [0, 0.05) is 12.0 Å². The fraction of sp³-hybridized carbons (Fsp3) is 0.613. The molecule has 0 aliphatic heterocycles. The van der Waals surface area contributed by atoms with Crippen LogP contribution in [0.5, 0.6) is 0 Å². The van der Waals surface area contributed by atoms with Gasteiger partial charge in [-0.25, -0.2) is 0 Å². The lowest BCUT2D eigenvalue weighted by molar-refractivity contribution is -0.125. The van der Waals surface area contributed by atoms with Crippen LogP contribution in [0.2, 0.25) is 0 Å². The predicted octanol–water partition coefficient (Wildman–Crippen LogP) is 5.05. The van der Waals surface area contributed by atoms with Crippen LogP contribution in [0.3, 0.4) is 0 Å². The second-order valence-corrected chi connectivity index (χ2v) is 11.9. The van der Waals surface area contributed by atoms with Crippen molar-refractivity contribution in [3.8, 4) is 12.3 Å². The number of carbonyl (C=O) groups excluding carboxylic acids is 1. The van der Waals surface area contributed by atoms with Crippen molar-refractivity contribution in [1.82, 2.24) is 5.32 Å². The highest BCUT2D eigenvalue weighted by Crippen LogP contribution is 2.67. The molecule has 5 heteroatoms. The first-order valence-corrected chi connectivity index (χ1v) is 13.7. The Hall–Kier alpha value is -2.58. The SMILES string of the molecule is C#C[C@@]1(O)CC[C@@H]2[C@@H]3CCC4=CC(=NOCC(=O)NCCc5ccccc5)CC[C@]4(C)[C@@H]3CC[C@@]21C. The molecule has 0 radical (unpaired) electrons. The van der Waals surface area contributed by atoms with Crippen molar-refractivity contribution >= 4 is 11.6 Å². The van der Waals surface area contributed by atoms with Crippen LogP contribution in [0.4, 0.5) is 0 Å². The van der Waals surface area contributed by atoms with Gasteiger partial charge in [-0.15, -0.1) is 6.42 Å². The molecular weight excluding hydrogens is 448 g/mol. The number of allylic oxidation sites excluding steroid dienone is 2. The lowest BCUT2D eigenvalue weighted by Gasteiger charge is -2.58. The van der Waals surface area contributed by atoms with Crippen LogP contribution in [0.1, 0.15) is 70.8 Å². The number of terminal acetylenes is 1. The molecule has 1 aromatic rings. The zero-order valence-electron chi connectivity index (χ0n) is 21.8.